The number of hydrogen-bond acceptors (Lipinski definition) is 4. The molecule has 2 saturated heterocycles. The van der Waals surface area contributed by atoms with E-state index in [9.17, 15) is 0 Å². The summed E-state index contributed by atoms with van der Waals surface area (Å²) in [5, 5.41) is 7.81. The van der Waals surface area contributed by atoms with E-state index in [1.165, 1.54) is 50.7 Å². The Bertz CT molecular complexity index is 420. The molecule has 0 aromatic rings. The molecule has 5 nitrogen and oxygen atoms in total. The van der Waals surface area contributed by atoms with Gasteiger partial charge >= 0.3 is 0 Å². The van der Waals surface area contributed by atoms with Crippen molar-refractivity contribution < 1.29 is 4.74 Å². The molecule has 0 aromatic heterocycles. The zero-order valence-corrected chi connectivity index (χ0v) is 19.4. The van der Waals surface area contributed by atoms with Gasteiger partial charge in [-0.15, -0.1) is 24.0 Å². The standard InChI is InChI=1S/C19H36N4OS.HI/c1-2-20-18(21-15-17-7-6-14-25-17)22-16-19(8-4-3-5-9-19)23-10-12-24-13-11-23;/h17H,2-16H2,1H3,(H2,20,21,22);1H. The van der Waals surface area contributed by atoms with Gasteiger partial charge in [0.2, 0.25) is 0 Å². The van der Waals surface area contributed by atoms with Crippen LogP contribution in [0.1, 0.15) is 51.9 Å². The third-order valence-corrected chi connectivity index (χ3v) is 7.26. The average Bonchev–Trinajstić information content (AvgIpc) is 3.19. The third-order valence-electron chi connectivity index (χ3n) is 5.86. The van der Waals surface area contributed by atoms with Gasteiger partial charge in [0.05, 0.1) is 19.8 Å². The van der Waals surface area contributed by atoms with Crippen LogP contribution in [0.4, 0.5) is 0 Å². The number of ether oxygens (including phenoxy) is 1. The first-order chi connectivity index (χ1) is 12.3. The highest BCUT2D eigenvalue weighted by atomic mass is 127. The van der Waals surface area contributed by atoms with Crippen LogP contribution in [-0.2, 0) is 4.74 Å². The fourth-order valence-electron chi connectivity index (χ4n) is 4.41. The van der Waals surface area contributed by atoms with Gasteiger partial charge in [0, 0.05) is 37.0 Å². The highest BCUT2D eigenvalue weighted by Gasteiger charge is 2.38. The molecule has 1 aliphatic carbocycles. The van der Waals surface area contributed by atoms with E-state index < -0.39 is 0 Å². The summed E-state index contributed by atoms with van der Waals surface area (Å²) in [6, 6.07) is 0. The van der Waals surface area contributed by atoms with E-state index in [0.717, 1.165) is 57.1 Å². The molecule has 2 N–H and O–H groups in total. The molecule has 0 bridgehead atoms. The van der Waals surface area contributed by atoms with Crippen molar-refractivity contribution in [1.82, 2.24) is 15.5 Å². The van der Waals surface area contributed by atoms with E-state index in [0.29, 0.717) is 0 Å². The van der Waals surface area contributed by atoms with Gasteiger partial charge < -0.3 is 15.4 Å². The van der Waals surface area contributed by atoms with Gasteiger partial charge in [-0.05, 0) is 38.4 Å². The fourth-order valence-corrected chi connectivity index (χ4v) is 5.61. The number of hydrogen-bond donors (Lipinski definition) is 2. The second-order valence-electron chi connectivity index (χ2n) is 7.60. The van der Waals surface area contributed by atoms with Crippen molar-refractivity contribution in [1.29, 1.82) is 0 Å². The Kier molecular flexibility index (Phi) is 10.4. The summed E-state index contributed by atoms with van der Waals surface area (Å²) < 4.78 is 5.59. The summed E-state index contributed by atoms with van der Waals surface area (Å²) in [4.78, 5) is 7.72. The Labute approximate surface area is 180 Å². The second kappa shape index (κ2) is 12.0. The molecule has 2 aliphatic heterocycles. The second-order valence-corrected chi connectivity index (χ2v) is 9.00. The molecule has 0 radical (unpaired) electrons. The number of halogens is 1. The Hall–Kier alpha value is 0.270. The summed E-state index contributed by atoms with van der Waals surface area (Å²) in [6.45, 7) is 8.93. The molecule has 152 valence electrons. The first kappa shape index (κ1) is 22.6. The molecule has 3 aliphatic rings. The van der Waals surface area contributed by atoms with E-state index in [-0.39, 0.29) is 29.5 Å². The van der Waals surface area contributed by atoms with Gasteiger partial charge in [0.15, 0.2) is 5.96 Å². The summed E-state index contributed by atoms with van der Waals surface area (Å²) in [5.41, 5.74) is 0.256. The van der Waals surface area contributed by atoms with Crippen LogP contribution in [0.5, 0.6) is 0 Å². The molecule has 3 rings (SSSR count). The largest absolute Gasteiger partial charge is 0.379 e. The van der Waals surface area contributed by atoms with Gasteiger partial charge in [-0.1, -0.05) is 19.3 Å². The van der Waals surface area contributed by atoms with Crippen molar-refractivity contribution in [2.45, 2.75) is 62.7 Å². The lowest BCUT2D eigenvalue weighted by atomic mass is 9.80. The fraction of sp³-hybridized carbons (Fsp3) is 0.947. The lowest BCUT2D eigenvalue weighted by Crippen LogP contribution is -2.56. The molecular formula is C19H37IN4OS. The molecule has 1 atom stereocenters. The SMILES string of the molecule is CCNC(=NCC1(N2CCOCC2)CCCCC1)NCC1CCCS1.I. The maximum Gasteiger partial charge on any atom is 0.191 e. The third kappa shape index (κ3) is 6.41. The van der Waals surface area contributed by atoms with Gasteiger partial charge in [-0.3, -0.25) is 9.89 Å². The van der Waals surface area contributed by atoms with Gasteiger partial charge in [0.25, 0.3) is 0 Å². The average molecular weight is 497 g/mol. The molecule has 26 heavy (non-hydrogen) atoms. The van der Waals surface area contributed by atoms with Crippen molar-refractivity contribution >= 4 is 41.7 Å². The number of thioether (sulfide) groups is 1. The Morgan fingerprint density at radius 2 is 1.92 bits per heavy atom. The van der Waals surface area contributed by atoms with E-state index in [1.54, 1.807) is 0 Å². The van der Waals surface area contributed by atoms with Crippen LogP contribution in [0.15, 0.2) is 4.99 Å². The molecule has 3 fully saturated rings. The zero-order valence-electron chi connectivity index (χ0n) is 16.3. The first-order valence-electron chi connectivity index (χ1n) is 10.3. The van der Waals surface area contributed by atoms with Crippen LogP contribution in [0.3, 0.4) is 0 Å². The minimum Gasteiger partial charge on any atom is -0.379 e. The number of nitrogens with one attached hydrogen (secondary N) is 2. The van der Waals surface area contributed by atoms with Crippen LogP contribution in [-0.4, -0.2) is 73.3 Å². The number of morpholine rings is 1. The molecule has 0 spiro atoms. The van der Waals surface area contributed by atoms with Gasteiger partial charge in [0.1, 0.15) is 0 Å². The number of rotatable bonds is 6. The van der Waals surface area contributed by atoms with Crippen molar-refractivity contribution in [3.05, 3.63) is 0 Å². The molecule has 1 saturated carbocycles. The van der Waals surface area contributed by atoms with Crippen LogP contribution >= 0.6 is 35.7 Å². The molecule has 0 aromatic carbocycles. The highest BCUT2D eigenvalue weighted by molar-refractivity contribution is 14.0. The van der Waals surface area contributed by atoms with E-state index >= 15 is 0 Å². The lowest BCUT2D eigenvalue weighted by molar-refractivity contribution is -0.0333. The van der Waals surface area contributed by atoms with E-state index in [1.807, 2.05) is 0 Å². The van der Waals surface area contributed by atoms with Crippen molar-refractivity contribution in [2.24, 2.45) is 4.99 Å². The minimum absolute atomic E-state index is 0. The summed E-state index contributed by atoms with van der Waals surface area (Å²) in [7, 11) is 0. The van der Waals surface area contributed by atoms with Crippen LogP contribution in [0, 0.1) is 0 Å². The Morgan fingerprint density at radius 3 is 2.58 bits per heavy atom. The number of aliphatic imine (C=N–C) groups is 1. The monoisotopic (exact) mass is 496 g/mol. The van der Waals surface area contributed by atoms with Crippen molar-refractivity contribution in [2.75, 3.05) is 51.7 Å². The first-order valence-corrected chi connectivity index (χ1v) is 11.3. The van der Waals surface area contributed by atoms with Gasteiger partial charge in [-0.25, -0.2) is 0 Å². The maximum atomic E-state index is 5.59. The Balaban J connectivity index is 0.00000243. The molecule has 7 heteroatoms. The normalized spacial score (nSPS) is 27.0. The van der Waals surface area contributed by atoms with E-state index in [4.69, 9.17) is 9.73 Å². The maximum absolute atomic E-state index is 5.59. The topological polar surface area (TPSA) is 48.9 Å². The van der Waals surface area contributed by atoms with Crippen LogP contribution in [0.2, 0.25) is 0 Å². The molecular weight excluding hydrogens is 459 g/mol. The predicted octanol–water partition coefficient (Wildman–Crippen LogP) is 3.09. The molecule has 0 amide bonds. The lowest BCUT2D eigenvalue weighted by Gasteiger charge is -2.47. The van der Waals surface area contributed by atoms with Crippen molar-refractivity contribution in [3.63, 3.8) is 0 Å². The minimum atomic E-state index is 0. The zero-order chi connectivity index (χ0) is 17.4. The summed E-state index contributed by atoms with van der Waals surface area (Å²) >= 11 is 2.10. The molecule has 2 heterocycles. The van der Waals surface area contributed by atoms with Crippen molar-refractivity contribution in [3.8, 4) is 0 Å². The van der Waals surface area contributed by atoms with Crippen LogP contribution < -0.4 is 10.6 Å². The summed E-state index contributed by atoms with van der Waals surface area (Å²) in [6.07, 6.45) is 9.35. The Morgan fingerprint density at radius 1 is 1.15 bits per heavy atom. The number of nitrogens with zero attached hydrogens (tertiary/aromatic N) is 2. The molecule has 1 unspecified atom stereocenters. The predicted molar refractivity (Wildman–Crippen MR) is 123 cm³/mol. The smallest absolute Gasteiger partial charge is 0.191 e. The van der Waals surface area contributed by atoms with Crippen LogP contribution in [0.25, 0.3) is 0 Å². The summed E-state index contributed by atoms with van der Waals surface area (Å²) in [5.74, 6) is 2.33. The quantitative estimate of drug-likeness (QED) is 0.336. The van der Waals surface area contributed by atoms with E-state index in [2.05, 4.69) is 34.2 Å². The highest BCUT2D eigenvalue weighted by Crippen LogP contribution is 2.34. The van der Waals surface area contributed by atoms with Gasteiger partial charge in [-0.2, -0.15) is 11.8 Å². The number of guanidine groups is 1.